The molecule has 0 heterocycles. The third-order valence-electron chi connectivity index (χ3n) is 2.23. The number of aliphatic hydroxyl groups is 1. The zero-order chi connectivity index (χ0) is 16.7. The number of nitrogens with one attached hydrogen (secondary N) is 2. The fraction of sp³-hybridized carbons (Fsp3) is 0.875. The number of aliphatic hydroxyl groups excluding tert-OH is 1. The molecule has 3 nitrogen and oxygen atoms in total. The van der Waals surface area contributed by atoms with Gasteiger partial charge < -0.3 is 16.2 Å². The maximum absolute atomic E-state index is 8.63. The molecule has 131 valence electrons. The molecule has 0 fully saturated rings. The van der Waals surface area contributed by atoms with E-state index in [-0.39, 0.29) is 44.1 Å². The summed E-state index contributed by atoms with van der Waals surface area (Å²) < 4.78 is 0.240. The van der Waals surface area contributed by atoms with Crippen molar-refractivity contribution in [3.05, 3.63) is 17.9 Å². The monoisotopic (exact) mass is 424 g/mol. The van der Waals surface area contributed by atoms with Gasteiger partial charge in [-0.05, 0) is 19.8 Å². The first-order valence-electron chi connectivity index (χ1n) is 7.71. The molecular formula is C16H35N2OS2Y-. The molecule has 0 aliphatic heterocycles. The normalized spacial score (nSPS) is 11.5. The van der Waals surface area contributed by atoms with E-state index in [9.17, 15) is 0 Å². The van der Waals surface area contributed by atoms with Gasteiger partial charge in [-0.2, -0.15) is 0 Å². The topological polar surface area (TPSA) is 56.1 Å². The quantitative estimate of drug-likeness (QED) is 0.301. The minimum atomic E-state index is 0. The van der Waals surface area contributed by atoms with Crippen LogP contribution in [0.5, 0.6) is 0 Å². The molecule has 0 aromatic heterocycles. The smallest absolute Gasteiger partial charge is 0.0530 e. The molecule has 6 heteroatoms. The van der Waals surface area contributed by atoms with Crippen molar-refractivity contribution < 1.29 is 37.8 Å². The minimum absolute atomic E-state index is 0. The predicted molar refractivity (Wildman–Crippen MR) is 102 cm³/mol. The Labute approximate surface area is 171 Å². The van der Waals surface area contributed by atoms with Crippen LogP contribution >= 0.6 is 21.6 Å². The molecule has 0 aliphatic carbocycles. The summed E-state index contributed by atoms with van der Waals surface area (Å²) in [7, 11) is 3.58. The van der Waals surface area contributed by atoms with Crippen LogP contribution in [0, 0.1) is 5.92 Å². The Morgan fingerprint density at radius 1 is 1.23 bits per heavy atom. The molecular weight excluding hydrogens is 389 g/mol. The van der Waals surface area contributed by atoms with Crippen molar-refractivity contribution in [2.75, 3.05) is 25.4 Å². The van der Waals surface area contributed by atoms with Gasteiger partial charge >= 0.3 is 0 Å². The Morgan fingerprint density at radius 3 is 2.23 bits per heavy atom. The summed E-state index contributed by atoms with van der Waals surface area (Å²) in [5.41, 5.74) is 6.80. The van der Waals surface area contributed by atoms with E-state index in [0.717, 1.165) is 18.7 Å². The van der Waals surface area contributed by atoms with Gasteiger partial charge in [-0.25, -0.2) is 0 Å². The van der Waals surface area contributed by atoms with Crippen LogP contribution in [0.15, 0.2) is 12.2 Å². The summed E-state index contributed by atoms with van der Waals surface area (Å²) in [4.78, 5) is 0. The Hall–Kier alpha value is 1.42. The molecule has 22 heavy (non-hydrogen) atoms. The van der Waals surface area contributed by atoms with Crippen molar-refractivity contribution in [3.63, 3.8) is 0 Å². The fourth-order valence-electron chi connectivity index (χ4n) is 1.17. The number of hydrogen-bond acceptors (Lipinski definition) is 4. The van der Waals surface area contributed by atoms with Crippen molar-refractivity contribution in [2.24, 2.45) is 5.92 Å². The molecule has 0 saturated heterocycles. The van der Waals surface area contributed by atoms with Crippen LogP contribution in [-0.4, -0.2) is 41.3 Å². The molecule has 0 amide bonds. The van der Waals surface area contributed by atoms with E-state index in [1.54, 1.807) is 10.8 Å². The van der Waals surface area contributed by atoms with Gasteiger partial charge in [-0.3, -0.25) is 0 Å². The first-order chi connectivity index (χ1) is 9.75. The maximum Gasteiger partial charge on any atom is 0.0530 e. The fourth-order valence-corrected chi connectivity index (χ4v) is 3.40. The maximum atomic E-state index is 8.63. The van der Waals surface area contributed by atoms with Gasteiger partial charge in [-0.1, -0.05) is 67.9 Å². The van der Waals surface area contributed by atoms with Crippen molar-refractivity contribution in [2.45, 2.75) is 58.8 Å². The molecule has 0 aromatic rings. The van der Waals surface area contributed by atoms with Gasteiger partial charge in [0, 0.05) is 55.8 Å². The first-order valence-corrected chi connectivity index (χ1v) is 10.0. The zero-order valence-electron chi connectivity index (χ0n) is 15.2. The number of allylic oxidation sites excluding steroid dienone is 1. The van der Waals surface area contributed by atoms with E-state index >= 15 is 0 Å². The summed E-state index contributed by atoms with van der Waals surface area (Å²) in [6, 6.07) is 0.544. The van der Waals surface area contributed by atoms with Gasteiger partial charge in [0.2, 0.25) is 0 Å². The Morgan fingerprint density at radius 2 is 1.82 bits per heavy atom. The SMILES string of the molecule is CC(C)/C=C/CC[NH-].CC(C)NCC(C)(C)SSCCO.[Y]. The Bertz CT molecular complexity index is 250. The van der Waals surface area contributed by atoms with Gasteiger partial charge in [0.25, 0.3) is 0 Å². The Balaban J connectivity index is -0.000000348. The minimum Gasteiger partial charge on any atom is -0.677 e. The molecule has 1 radical (unpaired) electrons. The summed E-state index contributed by atoms with van der Waals surface area (Å²) in [5, 5.41) is 12.0. The van der Waals surface area contributed by atoms with E-state index in [4.69, 9.17) is 10.8 Å². The van der Waals surface area contributed by atoms with Crippen LogP contribution in [0.3, 0.4) is 0 Å². The molecule has 0 bridgehead atoms. The van der Waals surface area contributed by atoms with Crippen LogP contribution in [0.1, 0.15) is 48.0 Å². The molecule has 0 aromatic carbocycles. The second-order valence-corrected chi connectivity index (χ2v) is 9.26. The molecule has 0 saturated carbocycles. The van der Waals surface area contributed by atoms with Gasteiger partial charge in [0.15, 0.2) is 0 Å². The van der Waals surface area contributed by atoms with Crippen LogP contribution in [0.2, 0.25) is 0 Å². The van der Waals surface area contributed by atoms with Crippen molar-refractivity contribution in [3.8, 4) is 0 Å². The molecule has 0 unspecified atom stereocenters. The number of rotatable bonds is 10. The van der Waals surface area contributed by atoms with Crippen molar-refractivity contribution in [1.29, 1.82) is 0 Å². The van der Waals surface area contributed by atoms with Crippen molar-refractivity contribution in [1.82, 2.24) is 5.32 Å². The predicted octanol–water partition coefficient (Wildman–Crippen LogP) is 4.78. The average Bonchev–Trinajstić information content (AvgIpc) is 2.37. The molecule has 0 rings (SSSR count). The van der Waals surface area contributed by atoms with E-state index in [1.165, 1.54) is 0 Å². The van der Waals surface area contributed by atoms with Crippen LogP contribution in [-0.2, 0) is 32.7 Å². The van der Waals surface area contributed by atoms with E-state index in [1.807, 2.05) is 10.8 Å². The summed E-state index contributed by atoms with van der Waals surface area (Å²) in [6.07, 6.45) is 5.10. The standard InChI is InChI=1S/C9H21NOS2.C7H14N.Y/c1-8(2)10-7-9(3,4)13-12-6-5-11;1-7(2)5-3-4-6-8;/h8,10-11H,5-7H2,1-4H3;3,5,7-8H,4,6H2,1-2H3;/q;-1;/b;5-3+;. The summed E-state index contributed by atoms with van der Waals surface area (Å²) >= 11 is 0. The molecule has 0 atom stereocenters. The Kier molecular flexibility index (Phi) is 24.1. The van der Waals surface area contributed by atoms with E-state index in [2.05, 4.69) is 59.0 Å². The van der Waals surface area contributed by atoms with Crippen LogP contribution < -0.4 is 5.32 Å². The third-order valence-corrected chi connectivity index (χ3v) is 5.50. The second-order valence-electron chi connectivity index (χ2n) is 6.14. The zero-order valence-corrected chi connectivity index (χ0v) is 19.7. The molecule has 0 spiro atoms. The first kappa shape index (κ1) is 28.2. The van der Waals surface area contributed by atoms with E-state index in [0.29, 0.717) is 18.5 Å². The second kappa shape index (κ2) is 18.8. The average molecular weight is 425 g/mol. The van der Waals surface area contributed by atoms with Gasteiger partial charge in [-0.15, -0.1) is 6.54 Å². The van der Waals surface area contributed by atoms with Crippen LogP contribution in [0.4, 0.5) is 0 Å². The van der Waals surface area contributed by atoms with Gasteiger partial charge in [0.1, 0.15) is 0 Å². The van der Waals surface area contributed by atoms with Crippen LogP contribution in [0.25, 0.3) is 5.73 Å². The molecule has 0 aliphatic rings. The van der Waals surface area contributed by atoms with Gasteiger partial charge in [0.05, 0.1) is 6.61 Å². The third kappa shape index (κ3) is 26.3. The van der Waals surface area contributed by atoms with Crippen molar-refractivity contribution >= 4 is 21.6 Å². The number of hydrogen-bond donors (Lipinski definition) is 2. The van der Waals surface area contributed by atoms with E-state index < -0.39 is 0 Å². The summed E-state index contributed by atoms with van der Waals surface area (Å²) in [5.74, 6) is 1.46. The summed E-state index contributed by atoms with van der Waals surface area (Å²) in [6.45, 7) is 14.8. The molecule has 3 N–H and O–H groups in total. The largest absolute Gasteiger partial charge is 0.677 e.